The van der Waals surface area contributed by atoms with Crippen LogP contribution in [0.5, 0.6) is 0 Å². The van der Waals surface area contributed by atoms with E-state index in [1.165, 1.54) is 61.7 Å². The Hall–Kier alpha value is -5.06. The largest absolute Gasteiger partial charge is 0.480 e. The fourth-order valence-corrected chi connectivity index (χ4v) is 5.69. The molecule has 1 aliphatic heterocycles. The first kappa shape index (κ1) is 35.3. The van der Waals surface area contributed by atoms with Gasteiger partial charge in [-0.3, -0.25) is 14.8 Å². The molecule has 4 aromatic rings. The molecule has 1 fully saturated rings. The number of carboxylic acid groups (broad SMARTS) is 1. The Morgan fingerprint density at radius 3 is 2.35 bits per heavy atom. The highest BCUT2D eigenvalue weighted by molar-refractivity contribution is 5.99. The number of benzene rings is 2. The second kappa shape index (κ2) is 13.4. The van der Waals surface area contributed by atoms with Crippen LogP contribution >= 0.6 is 0 Å². The Bertz CT molecular complexity index is 1880. The van der Waals surface area contributed by atoms with Crippen LogP contribution in [0, 0.1) is 11.6 Å². The van der Waals surface area contributed by atoms with Crippen molar-refractivity contribution in [2.24, 2.45) is 0 Å². The zero-order chi connectivity index (χ0) is 35.8. The number of morpholine rings is 1. The summed E-state index contributed by atoms with van der Waals surface area (Å²) in [6.07, 6.45) is -7.57. The number of carboxylic acids is 1. The number of aliphatic carboxylic acids is 1. The Kier molecular flexibility index (Phi) is 9.68. The third-order valence-electron chi connectivity index (χ3n) is 7.93. The number of carbonyl (C=O) groups is 2. The summed E-state index contributed by atoms with van der Waals surface area (Å²) in [7, 11) is 2.88. The highest BCUT2D eigenvalue weighted by Crippen LogP contribution is 2.43. The van der Waals surface area contributed by atoms with Crippen LogP contribution in [0.4, 0.5) is 46.5 Å². The molecule has 2 N–H and O–H groups in total. The number of alkyl halides is 6. The number of ether oxygens (including phenoxy) is 1. The standard InChI is InChI=1S/C32H27F8N5O4/c1-44(2)23-7-9-42-28(26(23)32(38,39)40)19-6-5-16(18-4-3-8-41-27(18)19)12-22(30(47)48)43-29(46)25-20(33)13-17(14-21(25)34)45-10-11-49-15-24(45)31(35,36)37/h3-9,13-14,22,24H,10-12,15H2,1-2H3,(H,43,46)(H,47,48)/t22?,24-/m1/s1. The number of carbonyl (C=O) groups excluding carboxylic acids is 1. The Balaban J connectivity index is 1.47. The zero-order valence-electron chi connectivity index (χ0n) is 25.7. The summed E-state index contributed by atoms with van der Waals surface area (Å²) in [5.74, 6) is -6.18. The number of hydrogen-bond acceptors (Lipinski definition) is 7. The van der Waals surface area contributed by atoms with Crippen LogP contribution in [-0.2, 0) is 22.1 Å². The average molecular weight is 698 g/mol. The molecule has 1 aliphatic rings. The molecular formula is C32H27F8N5O4. The molecule has 0 radical (unpaired) electrons. The van der Waals surface area contributed by atoms with Crippen molar-refractivity contribution < 1.29 is 54.6 Å². The molecule has 0 spiro atoms. The number of anilines is 2. The van der Waals surface area contributed by atoms with Crippen molar-refractivity contribution in [3.05, 3.63) is 83.2 Å². The summed E-state index contributed by atoms with van der Waals surface area (Å²) >= 11 is 0. The molecule has 2 atom stereocenters. The smallest absolute Gasteiger partial charge is 0.420 e. The summed E-state index contributed by atoms with van der Waals surface area (Å²) in [6, 6.07) is 3.84. The molecule has 49 heavy (non-hydrogen) atoms. The maximum atomic E-state index is 15.1. The van der Waals surface area contributed by atoms with E-state index < -0.39 is 83.5 Å². The van der Waals surface area contributed by atoms with E-state index in [9.17, 15) is 41.0 Å². The second-order valence-corrected chi connectivity index (χ2v) is 11.3. The van der Waals surface area contributed by atoms with Crippen molar-refractivity contribution >= 4 is 34.2 Å². The number of fused-ring (bicyclic) bond motifs is 1. The van der Waals surface area contributed by atoms with Gasteiger partial charge in [-0.2, -0.15) is 26.3 Å². The molecule has 17 heteroatoms. The van der Waals surface area contributed by atoms with Crippen molar-refractivity contribution in [1.82, 2.24) is 15.3 Å². The predicted octanol–water partition coefficient (Wildman–Crippen LogP) is 5.85. The van der Waals surface area contributed by atoms with Crippen LogP contribution in [-0.4, -0.2) is 79.1 Å². The maximum Gasteiger partial charge on any atom is 0.420 e. The fraction of sp³-hybridized carbons (Fsp3) is 0.312. The van der Waals surface area contributed by atoms with Crippen LogP contribution < -0.4 is 15.1 Å². The molecule has 1 unspecified atom stereocenters. The second-order valence-electron chi connectivity index (χ2n) is 11.3. The van der Waals surface area contributed by atoms with Crippen LogP contribution in [0.2, 0.25) is 0 Å². The number of hydrogen-bond donors (Lipinski definition) is 2. The van der Waals surface area contributed by atoms with Gasteiger partial charge in [0, 0.05) is 56.1 Å². The Labute approximate surface area is 273 Å². The minimum atomic E-state index is -4.81. The van der Waals surface area contributed by atoms with Crippen molar-refractivity contribution in [1.29, 1.82) is 0 Å². The van der Waals surface area contributed by atoms with Crippen molar-refractivity contribution in [2.75, 3.05) is 43.7 Å². The lowest BCUT2D eigenvalue weighted by molar-refractivity contribution is -0.167. The lowest BCUT2D eigenvalue weighted by Gasteiger charge is -2.38. The van der Waals surface area contributed by atoms with Crippen LogP contribution in [0.25, 0.3) is 22.2 Å². The van der Waals surface area contributed by atoms with Gasteiger partial charge >= 0.3 is 18.3 Å². The number of halogens is 8. The Morgan fingerprint density at radius 2 is 1.73 bits per heavy atom. The van der Waals surface area contributed by atoms with E-state index in [-0.39, 0.29) is 40.9 Å². The van der Waals surface area contributed by atoms with E-state index in [4.69, 9.17) is 4.74 Å². The van der Waals surface area contributed by atoms with Crippen molar-refractivity contribution in [2.45, 2.75) is 30.9 Å². The summed E-state index contributed by atoms with van der Waals surface area (Å²) in [5, 5.41) is 12.2. The Morgan fingerprint density at radius 1 is 1.04 bits per heavy atom. The van der Waals surface area contributed by atoms with Gasteiger partial charge in [-0.05, 0) is 29.8 Å². The molecule has 2 aromatic heterocycles. The van der Waals surface area contributed by atoms with E-state index in [1.807, 2.05) is 5.32 Å². The summed E-state index contributed by atoms with van der Waals surface area (Å²) < 4.78 is 119. The minimum Gasteiger partial charge on any atom is -0.480 e. The quantitative estimate of drug-likeness (QED) is 0.221. The molecule has 1 saturated heterocycles. The molecule has 9 nitrogen and oxygen atoms in total. The first-order valence-electron chi connectivity index (χ1n) is 14.5. The van der Waals surface area contributed by atoms with Gasteiger partial charge in [-0.25, -0.2) is 13.6 Å². The van der Waals surface area contributed by atoms with Gasteiger partial charge in [0.25, 0.3) is 5.91 Å². The molecule has 260 valence electrons. The monoisotopic (exact) mass is 697 g/mol. The van der Waals surface area contributed by atoms with Crippen molar-refractivity contribution in [3.63, 3.8) is 0 Å². The minimum absolute atomic E-state index is 0.0106. The topological polar surface area (TPSA) is 108 Å². The van der Waals surface area contributed by atoms with Gasteiger partial charge in [0.1, 0.15) is 34.8 Å². The van der Waals surface area contributed by atoms with Gasteiger partial charge in [-0.1, -0.05) is 18.2 Å². The third kappa shape index (κ3) is 7.21. The lowest BCUT2D eigenvalue weighted by atomic mass is 9.94. The summed E-state index contributed by atoms with van der Waals surface area (Å²) in [4.78, 5) is 35.5. The first-order valence-corrected chi connectivity index (χ1v) is 14.5. The molecule has 1 amide bonds. The highest BCUT2D eigenvalue weighted by Gasteiger charge is 2.46. The van der Waals surface area contributed by atoms with Crippen LogP contribution in [0.1, 0.15) is 21.5 Å². The molecule has 5 rings (SSSR count). The molecule has 3 heterocycles. The van der Waals surface area contributed by atoms with Crippen LogP contribution in [0.3, 0.4) is 0 Å². The van der Waals surface area contributed by atoms with E-state index in [0.717, 1.165) is 0 Å². The molecule has 0 aliphatic carbocycles. The predicted molar refractivity (Wildman–Crippen MR) is 161 cm³/mol. The maximum absolute atomic E-state index is 15.1. The van der Waals surface area contributed by atoms with Crippen LogP contribution in [0.15, 0.2) is 54.9 Å². The van der Waals surface area contributed by atoms with Gasteiger partial charge < -0.3 is 25.0 Å². The first-order chi connectivity index (χ1) is 23.0. The molecule has 0 saturated carbocycles. The summed E-state index contributed by atoms with van der Waals surface area (Å²) in [5.41, 5.74) is -3.08. The van der Waals surface area contributed by atoms with Gasteiger partial charge in [0.05, 0.1) is 30.1 Å². The highest BCUT2D eigenvalue weighted by atomic mass is 19.4. The van der Waals surface area contributed by atoms with E-state index >= 15 is 8.78 Å². The van der Waals surface area contributed by atoms with E-state index in [2.05, 4.69) is 9.97 Å². The third-order valence-corrected chi connectivity index (χ3v) is 7.93. The van der Waals surface area contributed by atoms with Gasteiger partial charge in [-0.15, -0.1) is 0 Å². The zero-order valence-corrected chi connectivity index (χ0v) is 25.7. The number of aromatic nitrogens is 2. The van der Waals surface area contributed by atoms with Gasteiger partial charge in [0.15, 0.2) is 0 Å². The normalized spacial score (nSPS) is 16.0. The molecule has 2 aromatic carbocycles. The number of nitrogens with one attached hydrogen (secondary N) is 1. The average Bonchev–Trinajstić information content (AvgIpc) is 3.03. The molecular weight excluding hydrogens is 670 g/mol. The SMILES string of the molecule is CN(C)c1ccnc(-c2ccc(CC(NC(=O)c3c(F)cc(N4CCOC[C@@H]4C(F)(F)F)cc3F)C(=O)O)c3cccnc23)c1C(F)(F)F. The number of pyridine rings is 2. The number of nitrogens with zero attached hydrogens (tertiary/aromatic N) is 4. The van der Waals surface area contributed by atoms with E-state index in [0.29, 0.717) is 17.0 Å². The van der Waals surface area contributed by atoms with E-state index in [1.54, 1.807) is 0 Å². The van der Waals surface area contributed by atoms with Crippen molar-refractivity contribution in [3.8, 4) is 11.3 Å². The lowest BCUT2D eigenvalue weighted by Crippen LogP contribution is -2.53. The molecule has 0 bridgehead atoms. The number of amides is 1. The fourth-order valence-electron chi connectivity index (χ4n) is 5.69. The summed E-state index contributed by atoms with van der Waals surface area (Å²) in [6.45, 7) is -1.26. The number of rotatable bonds is 8. The van der Waals surface area contributed by atoms with Gasteiger partial charge in [0.2, 0.25) is 0 Å².